The molecule has 1 N–H and O–H groups in total. The molecule has 1 aromatic carbocycles. The molecule has 0 fully saturated rings. The third kappa shape index (κ3) is 2.21. The predicted molar refractivity (Wildman–Crippen MR) is 61.6 cm³/mol. The van der Waals surface area contributed by atoms with Crippen molar-refractivity contribution < 1.29 is 9.84 Å². The first kappa shape index (κ1) is 10.7. The van der Waals surface area contributed by atoms with E-state index < -0.39 is 0 Å². The van der Waals surface area contributed by atoms with Gasteiger partial charge in [-0.2, -0.15) is 0 Å². The molecule has 2 rings (SSSR count). The summed E-state index contributed by atoms with van der Waals surface area (Å²) in [7, 11) is 0. The number of fused-ring (bicyclic) bond motifs is 1. The van der Waals surface area contributed by atoms with Crippen LogP contribution in [0.3, 0.4) is 0 Å². The molecule has 1 aromatic heterocycles. The highest BCUT2D eigenvalue weighted by atomic mass is 16.5. The molecule has 1 heterocycles. The van der Waals surface area contributed by atoms with Crippen LogP contribution < -0.4 is 4.74 Å². The van der Waals surface area contributed by atoms with Gasteiger partial charge in [-0.15, -0.1) is 0 Å². The Morgan fingerprint density at radius 3 is 3.00 bits per heavy atom. The summed E-state index contributed by atoms with van der Waals surface area (Å²) in [6.07, 6.45) is 3.48. The number of aromatic nitrogens is 2. The maximum atomic E-state index is 9.48. The van der Waals surface area contributed by atoms with Crippen LogP contribution in [0.4, 0.5) is 0 Å². The first-order chi connectivity index (χ1) is 7.81. The number of rotatable bonds is 4. The van der Waals surface area contributed by atoms with E-state index in [-0.39, 0.29) is 5.88 Å². The average molecular weight is 218 g/mol. The van der Waals surface area contributed by atoms with E-state index in [1.54, 1.807) is 6.07 Å². The zero-order valence-electron chi connectivity index (χ0n) is 9.18. The summed E-state index contributed by atoms with van der Waals surface area (Å²) < 4.78 is 5.55. The SMILES string of the molecule is CCCCOc1ccc2c(O)ncnc2c1. The van der Waals surface area contributed by atoms with Crippen LogP contribution in [0.2, 0.25) is 0 Å². The summed E-state index contributed by atoms with van der Waals surface area (Å²) in [5, 5.41) is 10.1. The van der Waals surface area contributed by atoms with Gasteiger partial charge in [0.2, 0.25) is 5.88 Å². The minimum atomic E-state index is 0.00473. The largest absolute Gasteiger partial charge is 0.494 e. The van der Waals surface area contributed by atoms with E-state index >= 15 is 0 Å². The fourth-order valence-corrected chi connectivity index (χ4v) is 1.45. The topological polar surface area (TPSA) is 55.2 Å². The van der Waals surface area contributed by atoms with E-state index in [0.717, 1.165) is 18.6 Å². The van der Waals surface area contributed by atoms with Crippen molar-refractivity contribution >= 4 is 10.9 Å². The van der Waals surface area contributed by atoms with E-state index in [4.69, 9.17) is 4.74 Å². The molecular formula is C12H14N2O2. The van der Waals surface area contributed by atoms with Gasteiger partial charge in [-0.05, 0) is 18.6 Å². The second-order valence-corrected chi connectivity index (χ2v) is 3.58. The lowest BCUT2D eigenvalue weighted by atomic mass is 10.2. The zero-order valence-corrected chi connectivity index (χ0v) is 9.18. The average Bonchev–Trinajstić information content (AvgIpc) is 2.30. The number of hydrogen-bond donors (Lipinski definition) is 1. The quantitative estimate of drug-likeness (QED) is 0.801. The van der Waals surface area contributed by atoms with Crippen LogP contribution in [0, 0.1) is 0 Å². The van der Waals surface area contributed by atoms with Crippen molar-refractivity contribution in [1.29, 1.82) is 0 Å². The standard InChI is InChI=1S/C12H14N2O2/c1-2-3-6-16-9-4-5-10-11(7-9)13-8-14-12(10)15/h4-5,7-8H,2-3,6H2,1H3,(H,13,14,15). The molecule has 0 radical (unpaired) electrons. The lowest BCUT2D eigenvalue weighted by Gasteiger charge is -2.06. The summed E-state index contributed by atoms with van der Waals surface area (Å²) >= 11 is 0. The van der Waals surface area contributed by atoms with Gasteiger partial charge in [0.25, 0.3) is 0 Å². The maximum Gasteiger partial charge on any atom is 0.221 e. The summed E-state index contributed by atoms with van der Waals surface area (Å²) in [6, 6.07) is 5.40. The molecule has 4 heteroatoms. The van der Waals surface area contributed by atoms with Crippen molar-refractivity contribution in [1.82, 2.24) is 9.97 Å². The Bertz CT molecular complexity index is 485. The smallest absolute Gasteiger partial charge is 0.221 e. The van der Waals surface area contributed by atoms with Crippen LogP contribution in [-0.2, 0) is 0 Å². The molecule has 16 heavy (non-hydrogen) atoms. The fourth-order valence-electron chi connectivity index (χ4n) is 1.45. The second-order valence-electron chi connectivity index (χ2n) is 3.58. The van der Waals surface area contributed by atoms with Gasteiger partial charge < -0.3 is 9.84 Å². The van der Waals surface area contributed by atoms with Crippen LogP contribution in [-0.4, -0.2) is 21.7 Å². The van der Waals surface area contributed by atoms with Crippen LogP contribution in [0.1, 0.15) is 19.8 Å². The molecule has 0 spiro atoms. The lowest BCUT2D eigenvalue weighted by molar-refractivity contribution is 0.309. The van der Waals surface area contributed by atoms with E-state index in [1.807, 2.05) is 12.1 Å². The number of aromatic hydroxyl groups is 1. The summed E-state index contributed by atoms with van der Waals surface area (Å²) in [5.41, 5.74) is 0.696. The molecule has 0 atom stereocenters. The molecule has 0 saturated heterocycles. The van der Waals surface area contributed by atoms with Gasteiger partial charge >= 0.3 is 0 Å². The normalized spacial score (nSPS) is 10.6. The van der Waals surface area contributed by atoms with Gasteiger partial charge in [-0.1, -0.05) is 13.3 Å². The second kappa shape index (κ2) is 4.79. The molecule has 0 aliphatic rings. The Hall–Kier alpha value is -1.84. The highest BCUT2D eigenvalue weighted by Gasteiger charge is 2.03. The summed E-state index contributed by atoms with van der Waals surface area (Å²) in [6.45, 7) is 2.83. The van der Waals surface area contributed by atoms with Gasteiger partial charge in [0, 0.05) is 6.07 Å². The van der Waals surface area contributed by atoms with E-state index in [2.05, 4.69) is 16.9 Å². The zero-order chi connectivity index (χ0) is 11.4. The summed E-state index contributed by atoms with van der Waals surface area (Å²) in [5.74, 6) is 0.782. The van der Waals surface area contributed by atoms with E-state index in [1.165, 1.54) is 6.33 Å². The van der Waals surface area contributed by atoms with Crippen LogP contribution in [0.15, 0.2) is 24.5 Å². The van der Waals surface area contributed by atoms with Crippen LogP contribution >= 0.6 is 0 Å². The van der Waals surface area contributed by atoms with E-state index in [9.17, 15) is 5.11 Å². The summed E-state index contributed by atoms with van der Waals surface area (Å²) in [4.78, 5) is 7.80. The number of hydrogen-bond acceptors (Lipinski definition) is 4. The molecule has 0 unspecified atom stereocenters. The Morgan fingerprint density at radius 1 is 1.31 bits per heavy atom. The van der Waals surface area contributed by atoms with Gasteiger partial charge in [-0.25, -0.2) is 9.97 Å². The fraction of sp³-hybridized carbons (Fsp3) is 0.333. The van der Waals surface area contributed by atoms with Gasteiger partial charge in [0.1, 0.15) is 12.1 Å². The Labute approximate surface area is 93.9 Å². The molecule has 0 aliphatic heterocycles. The first-order valence-electron chi connectivity index (χ1n) is 5.38. The third-order valence-corrected chi connectivity index (χ3v) is 2.35. The molecule has 0 saturated carbocycles. The predicted octanol–water partition coefficient (Wildman–Crippen LogP) is 2.51. The van der Waals surface area contributed by atoms with Crippen LogP contribution in [0.5, 0.6) is 11.6 Å². The monoisotopic (exact) mass is 218 g/mol. The molecule has 4 nitrogen and oxygen atoms in total. The Morgan fingerprint density at radius 2 is 2.19 bits per heavy atom. The minimum Gasteiger partial charge on any atom is -0.494 e. The van der Waals surface area contributed by atoms with Gasteiger partial charge in [-0.3, -0.25) is 0 Å². The van der Waals surface area contributed by atoms with Crippen molar-refractivity contribution in [3.8, 4) is 11.6 Å². The van der Waals surface area contributed by atoms with Gasteiger partial charge in [0.05, 0.1) is 17.5 Å². The van der Waals surface area contributed by atoms with Gasteiger partial charge in [0.15, 0.2) is 0 Å². The Kier molecular flexibility index (Phi) is 3.19. The van der Waals surface area contributed by atoms with Crippen molar-refractivity contribution in [3.05, 3.63) is 24.5 Å². The highest BCUT2D eigenvalue weighted by molar-refractivity contribution is 5.83. The van der Waals surface area contributed by atoms with E-state index in [0.29, 0.717) is 17.5 Å². The number of unbranched alkanes of at least 4 members (excludes halogenated alkanes) is 1. The highest BCUT2D eigenvalue weighted by Crippen LogP contribution is 2.24. The van der Waals surface area contributed by atoms with Crippen molar-refractivity contribution in [2.75, 3.05) is 6.61 Å². The Balaban J connectivity index is 2.23. The maximum absolute atomic E-state index is 9.48. The van der Waals surface area contributed by atoms with Crippen molar-refractivity contribution in [3.63, 3.8) is 0 Å². The lowest BCUT2D eigenvalue weighted by Crippen LogP contribution is -1.96. The van der Waals surface area contributed by atoms with Crippen molar-refractivity contribution in [2.24, 2.45) is 0 Å². The number of benzene rings is 1. The first-order valence-corrected chi connectivity index (χ1v) is 5.38. The third-order valence-electron chi connectivity index (χ3n) is 2.35. The van der Waals surface area contributed by atoms with Crippen LogP contribution in [0.25, 0.3) is 10.9 Å². The molecule has 2 aromatic rings. The number of ether oxygens (including phenoxy) is 1. The molecule has 0 aliphatic carbocycles. The van der Waals surface area contributed by atoms with Crippen molar-refractivity contribution in [2.45, 2.75) is 19.8 Å². The molecular weight excluding hydrogens is 204 g/mol. The molecule has 0 amide bonds. The number of nitrogens with zero attached hydrogens (tertiary/aromatic N) is 2. The molecule has 84 valence electrons. The molecule has 0 bridgehead atoms. The minimum absolute atomic E-state index is 0.00473.